The zero-order valence-electron chi connectivity index (χ0n) is 11.0. The van der Waals surface area contributed by atoms with Crippen LogP contribution in [0.2, 0.25) is 0 Å². The number of nitrogens with one attached hydrogen (secondary N) is 1. The summed E-state index contributed by atoms with van der Waals surface area (Å²) >= 11 is 3.50. The molecule has 96 valence electrons. The van der Waals surface area contributed by atoms with Gasteiger partial charge < -0.3 is 5.32 Å². The topological polar surface area (TPSA) is 29.9 Å². The van der Waals surface area contributed by atoms with Crippen LogP contribution in [0.1, 0.15) is 11.3 Å². The van der Waals surface area contributed by atoms with E-state index in [2.05, 4.69) is 58.4 Å². The fraction of sp³-hybridized carbons (Fsp3) is 0.357. The molecule has 1 aromatic heterocycles. The van der Waals surface area contributed by atoms with Crippen molar-refractivity contribution in [3.8, 4) is 11.1 Å². The number of likely N-dealkylation sites (N-methyl/N-ethyl adjacent to an activating group) is 1. The minimum absolute atomic E-state index is 0.901. The molecular weight excluding hydrogens is 290 g/mol. The molecule has 0 aliphatic heterocycles. The maximum Gasteiger partial charge on any atom is 0.0571 e. The smallest absolute Gasteiger partial charge is 0.0571 e. The van der Waals surface area contributed by atoms with Gasteiger partial charge in [0.1, 0.15) is 0 Å². The molecule has 2 rings (SSSR count). The average Bonchev–Trinajstić information content (AvgIpc) is 2.68. The molecule has 18 heavy (non-hydrogen) atoms. The van der Waals surface area contributed by atoms with Gasteiger partial charge in [0.15, 0.2) is 0 Å². The molecular formula is C14H18BrN3. The van der Waals surface area contributed by atoms with Gasteiger partial charge in [-0.25, -0.2) is 0 Å². The first kappa shape index (κ1) is 13.3. The molecule has 3 nitrogen and oxygen atoms in total. The van der Waals surface area contributed by atoms with Gasteiger partial charge >= 0.3 is 0 Å². The van der Waals surface area contributed by atoms with Crippen molar-refractivity contribution in [3.05, 3.63) is 40.1 Å². The van der Waals surface area contributed by atoms with Crippen LogP contribution in [0.5, 0.6) is 0 Å². The summed E-state index contributed by atoms with van der Waals surface area (Å²) in [5.74, 6) is 0. The van der Waals surface area contributed by atoms with Gasteiger partial charge in [0, 0.05) is 22.3 Å². The van der Waals surface area contributed by atoms with E-state index < -0.39 is 0 Å². The van der Waals surface area contributed by atoms with E-state index in [4.69, 9.17) is 0 Å². The molecule has 0 aliphatic rings. The van der Waals surface area contributed by atoms with Crippen molar-refractivity contribution < 1.29 is 0 Å². The summed E-state index contributed by atoms with van der Waals surface area (Å²) in [4.78, 5) is 0. The third-order valence-electron chi connectivity index (χ3n) is 3.16. The van der Waals surface area contributed by atoms with Crippen molar-refractivity contribution in [2.75, 3.05) is 13.6 Å². The standard InChI is InChI=1S/C14H18BrN3/c1-10-8-12(15)4-5-13(10)14-9-17-18(11(14)2)7-6-16-3/h4-5,8-9,16H,6-7H2,1-3H3. The molecule has 0 atom stereocenters. The molecule has 0 radical (unpaired) electrons. The van der Waals surface area contributed by atoms with Gasteiger partial charge in [-0.3, -0.25) is 4.68 Å². The molecule has 2 aromatic rings. The van der Waals surface area contributed by atoms with Gasteiger partial charge in [-0.05, 0) is 44.2 Å². The highest BCUT2D eigenvalue weighted by atomic mass is 79.9. The predicted octanol–water partition coefficient (Wildman–Crippen LogP) is 3.15. The summed E-state index contributed by atoms with van der Waals surface area (Å²) in [5.41, 5.74) is 4.96. The van der Waals surface area contributed by atoms with Crippen LogP contribution in [0.25, 0.3) is 11.1 Å². The summed E-state index contributed by atoms with van der Waals surface area (Å²) in [6.07, 6.45) is 1.96. The number of aromatic nitrogens is 2. The average molecular weight is 308 g/mol. The Balaban J connectivity index is 2.36. The van der Waals surface area contributed by atoms with Gasteiger partial charge in [0.25, 0.3) is 0 Å². The number of hydrogen-bond acceptors (Lipinski definition) is 2. The molecule has 0 saturated carbocycles. The normalized spacial score (nSPS) is 10.9. The van der Waals surface area contributed by atoms with E-state index in [0.29, 0.717) is 0 Å². The van der Waals surface area contributed by atoms with E-state index in [1.165, 1.54) is 22.4 Å². The van der Waals surface area contributed by atoms with Gasteiger partial charge in [0.05, 0.1) is 12.7 Å². The zero-order chi connectivity index (χ0) is 13.1. The predicted molar refractivity (Wildman–Crippen MR) is 78.8 cm³/mol. The molecule has 0 spiro atoms. The first-order valence-corrected chi connectivity index (χ1v) is 6.86. The van der Waals surface area contributed by atoms with E-state index in [1.54, 1.807) is 0 Å². The number of aryl methyl sites for hydroxylation is 1. The van der Waals surface area contributed by atoms with Gasteiger partial charge in [0.2, 0.25) is 0 Å². The monoisotopic (exact) mass is 307 g/mol. The number of hydrogen-bond donors (Lipinski definition) is 1. The summed E-state index contributed by atoms with van der Waals surface area (Å²) in [5, 5.41) is 7.60. The summed E-state index contributed by atoms with van der Waals surface area (Å²) in [6, 6.07) is 6.36. The highest BCUT2D eigenvalue weighted by molar-refractivity contribution is 9.10. The number of rotatable bonds is 4. The third kappa shape index (κ3) is 2.65. The van der Waals surface area contributed by atoms with Crippen molar-refractivity contribution in [3.63, 3.8) is 0 Å². The molecule has 0 unspecified atom stereocenters. The van der Waals surface area contributed by atoms with E-state index >= 15 is 0 Å². The van der Waals surface area contributed by atoms with Crippen molar-refractivity contribution in [1.82, 2.24) is 15.1 Å². The fourth-order valence-corrected chi connectivity index (χ4v) is 2.56. The SMILES string of the molecule is CNCCn1ncc(-c2ccc(Br)cc2C)c1C. The van der Waals surface area contributed by atoms with Crippen molar-refractivity contribution in [2.45, 2.75) is 20.4 Å². The van der Waals surface area contributed by atoms with E-state index in [9.17, 15) is 0 Å². The van der Waals surface area contributed by atoms with Crippen LogP contribution in [-0.2, 0) is 6.54 Å². The quantitative estimate of drug-likeness (QED) is 0.940. The van der Waals surface area contributed by atoms with E-state index in [-0.39, 0.29) is 0 Å². The molecule has 1 aromatic carbocycles. The molecule has 0 saturated heterocycles. The third-order valence-corrected chi connectivity index (χ3v) is 3.65. The highest BCUT2D eigenvalue weighted by Crippen LogP contribution is 2.28. The van der Waals surface area contributed by atoms with Crippen LogP contribution in [-0.4, -0.2) is 23.4 Å². The molecule has 1 N–H and O–H groups in total. The van der Waals surface area contributed by atoms with Gasteiger partial charge in [-0.2, -0.15) is 5.10 Å². The van der Waals surface area contributed by atoms with E-state index in [0.717, 1.165) is 17.6 Å². The first-order chi connectivity index (χ1) is 8.63. The van der Waals surface area contributed by atoms with E-state index in [1.807, 2.05) is 17.9 Å². The Labute approximate surface area is 116 Å². The maximum absolute atomic E-state index is 4.46. The van der Waals surface area contributed by atoms with Crippen LogP contribution in [0.3, 0.4) is 0 Å². The number of halogens is 1. The molecule has 1 heterocycles. The second-order valence-electron chi connectivity index (χ2n) is 4.43. The summed E-state index contributed by atoms with van der Waals surface area (Å²) < 4.78 is 3.16. The minimum atomic E-state index is 0.901. The lowest BCUT2D eigenvalue weighted by atomic mass is 10.0. The van der Waals surface area contributed by atoms with Crippen LogP contribution >= 0.6 is 15.9 Å². The summed E-state index contributed by atoms with van der Waals surface area (Å²) in [7, 11) is 1.96. The Bertz CT molecular complexity index is 546. The Kier molecular flexibility index (Phi) is 4.19. The lowest BCUT2D eigenvalue weighted by Gasteiger charge is -2.07. The van der Waals surface area contributed by atoms with Gasteiger partial charge in [-0.15, -0.1) is 0 Å². The van der Waals surface area contributed by atoms with Crippen LogP contribution in [0, 0.1) is 13.8 Å². The zero-order valence-corrected chi connectivity index (χ0v) is 12.6. The lowest BCUT2D eigenvalue weighted by Crippen LogP contribution is -2.16. The Hall–Kier alpha value is -1.13. The Morgan fingerprint density at radius 1 is 1.28 bits per heavy atom. The van der Waals surface area contributed by atoms with Crippen LogP contribution < -0.4 is 5.32 Å². The fourth-order valence-electron chi connectivity index (χ4n) is 2.08. The van der Waals surface area contributed by atoms with Crippen molar-refractivity contribution >= 4 is 15.9 Å². The Morgan fingerprint density at radius 3 is 2.72 bits per heavy atom. The van der Waals surface area contributed by atoms with Crippen molar-refractivity contribution in [2.24, 2.45) is 0 Å². The molecule has 0 aliphatic carbocycles. The maximum atomic E-state index is 4.46. The Morgan fingerprint density at radius 2 is 2.06 bits per heavy atom. The number of benzene rings is 1. The second-order valence-corrected chi connectivity index (χ2v) is 5.35. The second kappa shape index (κ2) is 5.67. The first-order valence-electron chi connectivity index (χ1n) is 6.07. The molecule has 0 bridgehead atoms. The summed E-state index contributed by atoms with van der Waals surface area (Å²) in [6.45, 7) is 6.09. The molecule has 0 fully saturated rings. The van der Waals surface area contributed by atoms with Crippen LogP contribution in [0.4, 0.5) is 0 Å². The minimum Gasteiger partial charge on any atom is -0.318 e. The van der Waals surface area contributed by atoms with Gasteiger partial charge in [-0.1, -0.05) is 22.0 Å². The molecule has 4 heteroatoms. The van der Waals surface area contributed by atoms with Crippen molar-refractivity contribution in [1.29, 1.82) is 0 Å². The van der Waals surface area contributed by atoms with Crippen LogP contribution in [0.15, 0.2) is 28.9 Å². The lowest BCUT2D eigenvalue weighted by molar-refractivity contribution is 0.572. The number of nitrogens with zero attached hydrogens (tertiary/aromatic N) is 2. The highest BCUT2D eigenvalue weighted by Gasteiger charge is 2.10. The molecule has 0 amide bonds. The largest absolute Gasteiger partial charge is 0.318 e.